The maximum atomic E-state index is 11.9. The van der Waals surface area contributed by atoms with E-state index in [4.69, 9.17) is 15.2 Å². The van der Waals surface area contributed by atoms with Gasteiger partial charge in [-0.15, -0.1) is 10.2 Å². The molecule has 0 spiro atoms. The van der Waals surface area contributed by atoms with E-state index >= 15 is 0 Å². The van der Waals surface area contributed by atoms with E-state index in [0.717, 1.165) is 11.1 Å². The zero-order chi connectivity index (χ0) is 18.0. The third kappa shape index (κ3) is 2.78. The summed E-state index contributed by atoms with van der Waals surface area (Å²) >= 11 is 0. The second-order valence-corrected chi connectivity index (χ2v) is 5.17. The van der Waals surface area contributed by atoms with Gasteiger partial charge in [0.1, 0.15) is 11.3 Å². The SMILES string of the molecule is CNC(=O)c1nnc2c(-c3cnc(OC)cc3OC)cccc2c1N. The molecular weight excluding hydrogens is 322 g/mol. The third-order valence-corrected chi connectivity index (χ3v) is 3.83. The molecule has 1 amide bonds. The molecular formula is C17H17N5O3. The van der Waals surface area contributed by atoms with E-state index < -0.39 is 0 Å². The monoisotopic (exact) mass is 339 g/mol. The number of hydrogen-bond acceptors (Lipinski definition) is 7. The molecule has 0 aliphatic carbocycles. The van der Waals surface area contributed by atoms with Gasteiger partial charge in [0.2, 0.25) is 5.88 Å². The lowest BCUT2D eigenvalue weighted by Crippen LogP contribution is -2.21. The Hall–Kier alpha value is -3.42. The number of benzene rings is 1. The number of methoxy groups -OCH3 is 2. The fourth-order valence-electron chi connectivity index (χ4n) is 2.56. The van der Waals surface area contributed by atoms with E-state index in [0.29, 0.717) is 22.5 Å². The van der Waals surface area contributed by atoms with E-state index in [9.17, 15) is 4.79 Å². The molecule has 0 saturated heterocycles. The van der Waals surface area contributed by atoms with E-state index in [-0.39, 0.29) is 17.3 Å². The smallest absolute Gasteiger partial charge is 0.273 e. The van der Waals surface area contributed by atoms with Gasteiger partial charge in [-0.25, -0.2) is 4.98 Å². The number of nitrogens with zero attached hydrogens (tertiary/aromatic N) is 3. The van der Waals surface area contributed by atoms with Gasteiger partial charge in [0.15, 0.2) is 5.69 Å². The van der Waals surface area contributed by atoms with Crippen LogP contribution >= 0.6 is 0 Å². The average molecular weight is 339 g/mol. The molecule has 128 valence electrons. The number of pyridine rings is 1. The van der Waals surface area contributed by atoms with Crippen LogP contribution in [0.5, 0.6) is 11.6 Å². The van der Waals surface area contributed by atoms with Crippen LogP contribution in [0.25, 0.3) is 22.0 Å². The Morgan fingerprint density at radius 1 is 1.16 bits per heavy atom. The number of anilines is 1. The minimum Gasteiger partial charge on any atom is -0.496 e. The van der Waals surface area contributed by atoms with Crippen molar-refractivity contribution in [2.75, 3.05) is 27.0 Å². The highest BCUT2D eigenvalue weighted by molar-refractivity contribution is 6.07. The van der Waals surface area contributed by atoms with Crippen molar-refractivity contribution in [1.29, 1.82) is 0 Å². The minimum atomic E-state index is -0.388. The molecule has 0 saturated carbocycles. The molecule has 3 rings (SSSR count). The topological polar surface area (TPSA) is 112 Å². The van der Waals surface area contributed by atoms with Crippen LogP contribution in [0.3, 0.4) is 0 Å². The lowest BCUT2D eigenvalue weighted by molar-refractivity contribution is 0.0958. The van der Waals surface area contributed by atoms with Gasteiger partial charge >= 0.3 is 0 Å². The summed E-state index contributed by atoms with van der Waals surface area (Å²) < 4.78 is 10.6. The Morgan fingerprint density at radius 3 is 2.64 bits per heavy atom. The summed E-state index contributed by atoms with van der Waals surface area (Å²) in [5.41, 5.74) is 8.50. The summed E-state index contributed by atoms with van der Waals surface area (Å²) in [4.78, 5) is 16.1. The first-order valence-electron chi connectivity index (χ1n) is 7.46. The summed E-state index contributed by atoms with van der Waals surface area (Å²) in [5, 5.41) is 11.3. The zero-order valence-electron chi connectivity index (χ0n) is 14.0. The van der Waals surface area contributed by atoms with E-state index in [1.807, 2.05) is 12.1 Å². The van der Waals surface area contributed by atoms with Crippen molar-refractivity contribution in [3.63, 3.8) is 0 Å². The first kappa shape index (κ1) is 16.4. The summed E-state index contributed by atoms with van der Waals surface area (Å²) in [6, 6.07) is 7.16. The predicted molar refractivity (Wildman–Crippen MR) is 93.7 cm³/mol. The zero-order valence-corrected chi connectivity index (χ0v) is 14.0. The van der Waals surface area contributed by atoms with Crippen molar-refractivity contribution < 1.29 is 14.3 Å². The fraction of sp³-hybridized carbons (Fsp3) is 0.176. The van der Waals surface area contributed by atoms with Crippen molar-refractivity contribution in [3.8, 4) is 22.8 Å². The van der Waals surface area contributed by atoms with Crippen LogP contribution in [-0.2, 0) is 0 Å². The number of nitrogens with one attached hydrogen (secondary N) is 1. The number of hydrogen-bond donors (Lipinski definition) is 2. The Balaban J connectivity index is 2.25. The highest BCUT2D eigenvalue weighted by Gasteiger charge is 2.18. The number of fused-ring (bicyclic) bond motifs is 1. The normalized spacial score (nSPS) is 10.5. The molecule has 3 aromatic rings. The predicted octanol–water partition coefficient (Wildman–Crippen LogP) is 1.65. The van der Waals surface area contributed by atoms with Gasteiger partial charge in [0.05, 0.1) is 19.9 Å². The van der Waals surface area contributed by atoms with Gasteiger partial charge in [0.25, 0.3) is 5.91 Å². The number of nitrogens with two attached hydrogens (primary N) is 1. The second-order valence-electron chi connectivity index (χ2n) is 5.17. The Bertz CT molecular complexity index is 958. The average Bonchev–Trinajstić information content (AvgIpc) is 2.67. The highest BCUT2D eigenvalue weighted by atomic mass is 16.5. The molecule has 0 bridgehead atoms. The van der Waals surface area contributed by atoms with Gasteiger partial charge in [0, 0.05) is 35.8 Å². The second kappa shape index (κ2) is 6.60. The molecule has 2 heterocycles. The largest absolute Gasteiger partial charge is 0.496 e. The fourth-order valence-corrected chi connectivity index (χ4v) is 2.56. The van der Waals surface area contributed by atoms with Crippen molar-refractivity contribution >= 4 is 22.5 Å². The van der Waals surface area contributed by atoms with Crippen molar-refractivity contribution in [3.05, 3.63) is 36.2 Å². The Labute approximate surface area is 144 Å². The maximum absolute atomic E-state index is 11.9. The number of carbonyl (C=O) groups excluding carboxylic acids is 1. The molecule has 1 aromatic carbocycles. The molecule has 0 radical (unpaired) electrons. The summed E-state index contributed by atoms with van der Waals surface area (Å²) in [7, 11) is 4.61. The summed E-state index contributed by atoms with van der Waals surface area (Å²) in [6.45, 7) is 0. The number of carbonyl (C=O) groups is 1. The van der Waals surface area contributed by atoms with E-state index in [1.165, 1.54) is 14.2 Å². The number of rotatable bonds is 4. The number of nitrogen functional groups attached to an aromatic ring is 1. The van der Waals surface area contributed by atoms with Gasteiger partial charge in [-0.2, -0.15) is 0 Å². The first-order valence-corrected chi connectivity index (χ1v) is 7.46. The molecule has 0 atom stereocenters. The standard InChI is InChI=1S/C17H17N5O3/c1-19-17(23)16-14(18)10-6-4-5-9(15(10)21-22-16)11-8-20-13(25-3)7-12(11)24-2/h4-8H,1-3H3,(H2,18,21)(H,19,23). The molecule has 0 fully saturated rings. The molecule has 2 aromatic heterocycles. The summed E-state index contributed by atoms with van der Waals surface area (Å²) in [6.07, 6.45) is 1.64. The van der Waals surface area contributed by atoms with Gasteiger partial charge in [-0.1, -0.05) is 18.2 Å². The Morgan fingerprint density at radius 2 is 1.96 bits per heavy atom. The molecule has 0 unspecified atom stereocenters. The molecule has 25 heavy (non-hydrogen) atoms. The van der Waals surface area contributed by atoms with E-state index in [2.05, 4.69) is 20.5 Å². The van der Waals surface area contributed by atoms with Gasteiger partial charge in [-0.05, 0) is 0 Å². The lowest BCUT2D eigenvalue weighted by atomic mass is 10.0. The molecule has 8 nitrogen and oxygen atoms in total. The maximum Gasteiger partial charge on any atom is 0.273 e. The highest BCUT2D eigenvalue weighted by Crippen LogP contribution is 2.36. The van der Waals surface area contributed by atoms with Crippen LogP contribution in [0.4, 0.5) is 5.69 Å². The Kier molecular flexibility index (Phi) is 4.34. The van der Waals surface area contributed by atoms with Gasteiger partial charge in [-0.3, -0.25) is 4.79 Å². The molecule has 8 heteroatoms. The van der Waals surface area contributed by atoms with E-state index in [1.54, 1.807) is 25.4 Å². The number of amides is 1. The third-order valence-electron chi connectivity index (χ3n) is 3.83. The van der Waals surface area contributed by atoms with Crippen LogP contribution in [0, 0.1) is 0 Å². The minimum absolute atomic E-state index is 0.0898. The van der Waals surface area contributed by atoms with Crippen molar-refractivity contribution in [2.45, 2.75) is 0 Å². The first-order chi connectivity index (χ1) is 12.1. The molecule has 0 aliphatic rings. The van der Waals surface area contributed by atoms with Crippen LogP contribution in [0.15, 0.2) is 30.5 Å². The van der Waals surface area contributed by atoms with Crippen molar-refractivity contribution in [2.24, 2.45) is 0 Å². The van der Waals surface area contributed by atoms with Crippen LogP contribution in [0.2, 0.25) is 0 Å². The number of aromatic nitrogens is 3. The number of ether oxygens (including phenoxy) is 2. The lowest BCUT2D eigenvalue weighted by Gasteiger charge is -2.12. The van der Waals surface area contributed by atoms with Gasteiger partial charge < -0.3 is 20.5 Å². The molecule has 3 N–H and O–H groups in total. The quantitative estimate of drug-likeness (QED) is 0.743. The van der Waals surface area contributed by atoms with Crippen LogP contribution < -0.4 is 20.5 Å². The summed E-state index contributed by atoms with van der Waals surface area (Å²) in [5.74, 6) is 0.629. The van der Waals surface area contributed by atoms with Crippen molar-refractivity contribution in [1.82, 2.24) is 20.5 Å². The van der Waals surface area contributed by atoms with Crippen LogP contribution in [0.1, 0.15) is 10.5 Å². The molecule has 0 aliphatic heterocycles. The van der Waals surface area contributed by atoms with Crippen LogP contribution in [-0.4, -0.2) is 42.4 Å².